The minimum absolute atomic E-state index is 0.349. The lowest BCUT2D eigenvalue weighted by Gasteiger charge is -2.12. The van der Waals surface area contributed by atoms with Gasteiger partial charge in [-0.15, -0.1) is 0 Å². The maximum atomic E-state index is 12.8. The number of benzene rings is 2. The minimum atomic E-state index is -0.400. The average molecular weight is 273 g/mol. The van der Waals surface area contributed by atoms with E-state index >= 15 is 0 Å². The van der Waals surface area contributed by atoms with Crippen LogP contribution in [0.1, 0.15) is 11.1 Å². The van der Waals surface area contributed by atoms with Crippen LogP contribution in [0.25, 0.3) is 0 Å². The Labute approximate surface area is 116 Å². The average Bonchev–Trinajstić information content (AvgIpc) is 2.39. The summed E-state index contributed by atoms with van der Waals surface area (Å²) < 4.78 is 12.8. The third-order valence-corrected chi connectivity index (χ3v) is 2.96. The first-order chi connectivity index (χ1) is 9.45. The maximum absolute atomic E-state index is 12.8. The number of rotatable bonds is 2. The zero-order valence-electron chi connectivity index (χ0n) is 11.3. The molecule has 4 nitrogen and oxygen atoms in total. The van der Waals surface area contributed by atoms with Crippen molar-refractivity contribution in [2.24, 2.45) is 0 Å². The summed E-state index contributed by atoms with van der Waals surface area (Å²) in [6.45, 7) is 3.80. The Hall–Kier alpha value is -2.56. The number of nitrogens with one attached hydrogen (secondary N) is 2. The van der Waals surface area contributed by atoms with Crippen LogP contribution in [0.15, 0.2) is 36.4 Å². The Morgan fingerprint density at radius 3 is 2.35 bits per heavy atom. The second kappa shape index (κ2) is 5.61. The highest BCUT2D eigenvalue weighted by Crippen LogP contribution is 2.22. The standard InChI is InChI=1S/C15H16FN3O/c1-9-7-10(2)14(8-13(9)17)19-15(20)18-12-5-3-11(16)4-6-12/h3-8H,17H2,1-2H3,(H2,18,19,20). The van der Waals surface area contributed by atoms with E-state index < -0.39 is 6.03 Å². The topological polar surface area (TPSA) is 67.2 Å². The molecule has 0 aliphatic rings. The number of nitrogen functional groups attached to an aromatic ring is 1. The van der Waals surface area contributed by atoms with Gasteiger partial charge in [0.05, 0.1) is 0 Å². The summed E-state index contributed by atoms with van der Waals surface area (Å²) in [5.41, 5.74) is 9.49. The van der Waals surface area contributed by atoms with Crippen molar-refractivity contribution in [1.82, 2.24) is 0 Å². The summed E-state index contributed by atoms with van der Waals surface area (Å²) in [6, 6.07) is 8.77. The lowest BCUT2D eigenvalue weighted by atomic mass is 10.1. The first-order valence-corrected chi connectivity index (χ1v) is 6.16. The van der Waals surface area contributed by atoms with E-state index in [1.165, 1.54) is 24.3 Å². The fourth-order valence-corrected chi connectivity index (χ4v) is 1.82. The van der Waals surface area contributed by atoms with Gasteiger partial charge in [0.1, 0.15) is 5.82 Å². The normalized spacial score (nSPS) is 10.2. The summed E-state index contributed by atoms with van der Waals surface area (Å²) in [6.07, 6.45) is 0. The lowest BCUT2D eigenvalue weighted by Crippen LogP contribution is -2.20. The van der Waals surface area contributed by atoms with Crippen molar-refractivity contribution >= 4 is 23.1 Å². The molecule has 0 aromatic heterocycles. The number of carbonyl (C=O) groups excluding carboxylic acids is 1. The largest absolute Gasteiger partial charge is 0.398 e. The quantitative estimate of drug-likeness (QED) is 0.731. The van der Waals surface area contributed by atoms with Gasteiger partial charge in [0.25, 0.3) is 0 Å². The number of anilines is 3. The van der Waals surface area contributed by atoms with Crippen molar-refractivity contribution in [1.29, 1.82) is 0 Å². The predicted molar refractivity (Wildman–Crippen MR) is 79.4 cm³/mol. The number of halogens is 1. The van der Waals surface area contributed by atoms with Crippen molar-refractivity contribution < 1.29 is 9.18 Å². The van der Waals surface area contributed by atoms with Gasteiger partial charge >= 0.3 is 6.03 Å². The highest BCUT2D eigenvalue weighted by Gasteiger charge is 2.07. The summed E-state index contributed by atoms with van der Waals surface area (Å²) >= 11 is 0. The first kappa shape index (κ1) is 13.9. The smallest absolute Gasteiger partial charge is 0.323 e. The van der Waals surface area contributed by atoms with Crippen LogP contribution in [0.2, 0.25) is 0 Å². The molecule has 0 aliphatic carbocycles. The molecule has 0 fully saturated rings. The van der Waals surface area contributed by atoms with Crippen LogP contribution in [-0.2, 0) is 0 Å². The zero-order valence-corrected chi connectivity index (χ0v) is 11.3. The fourth-order valence-electron chi connectivity index (χ4n) is 1.82. The number of hydrogen-bond acceptors (Lipinski definition) is 2. The molecule has 2 aromatic carbocycles. The minimum Gasteiger partial charge on any atom is -0.398 e. The van der Waals surface area contributed by atoms with Crippen LogP contribution >= 0.6 is 0 Å². The van der Waals surface area contributed by atoms with Crippen LogP contribution in [0.3, 0.4) is 0 Å². The van der Waals surface area contributed by atoms with Crippen molar-refractivity contribution in [3.05, 3.63) is 53.3 Å². The molecule has 0 aliphatic heterocycles. The molecule has 104 valence electrons. The molecule has 5 heteroatoms. The summed E-state index contributed by atoms with van der Waals surface area (Å²) in [5, 5.41) is 5.34. The summed E-state index contributed by atoms with van der Waals surface area (Å²) in [5.74, 6) is -0.349. The van der Waals surface area contributed by atoms with E-state index in [4.69, 9.17) is 5.73 Å². The molecule has 0 bridgehead atoms. The molecule has 4 N–H and O–H groups in total. The molecule has 0 atom stereocenters. The molecule has 0 saturated heterocycles. The van der Waals surface area contributed by atoms with Gasteiger partial charge in [-0.1, -0.05) is 6.07 Å². The van der Waals surface area contributed by atoms with E-state index in [-0.39, 0.29) is 5.82 Å². The van der Waals surface area contributed by atoms with Crippen LogP contribution < -0.4 is 16.4 Å². The molecular weight excluding hydrogens is 257 g/mol. The van der Waals surface area contributed by atoms with Gasteiger partial charge in [0, 0.05) is 17.1 Å². The fraction of sp³-hybridized carbons (Fsp3) is 0.133. The molecule has 2 rings (SSSR count). The zero-order chi connectivity index (χ0) is 14.7. The molecule has 20 heavy (non-hydrogen) atoms. The summed E-state index contributed by atoms with van der Waals surface area (Å²) in [7, 11) is 0. The third kappa shape index (κ3) is 3.26. The number of nitrogens with two attached hydrogens (primary N) is 1. The molecule has 2 amide bonds. The number of aryl methyl sites for hydroxylation is 2. The Morgan fingerprint density at radius 2 is 1.70 bits per heavy atom. The van der Waals surface area contributed by atoms with Gasteiger partial charge in [-0.05, 0) is 55.3 Å². The Morgan fingerprint density at radius 1 is 1.05 bits per heavy atom. The van der Waals surface area contributed by atoms with Crippen molar-refractivity contribution in [3.63, 3.8) is 0 Å². The third-order valence-electron chi connectivity index (χ3n) is 2.96. The van der Waals surface area contributed by atoms with Gasteiger partial charge in [0.2, 0.25) is 0 Å². The van der Waals surface area contributed by atoms with Crippen molar-refractivity contribution in [2.45, 2.75) is 13.8 Å². The number of hydrogen-bond donors (Lipinski definition) is 3. The van der Waals surface area contributed by atoms with E-state index in [1.54, 1.807) is 6.07 Å². The van der Waals surface area contributed by atoms with Gasteiger partial charge < -0.3 is 16.4 Å². The second-order valence-electron chi connectivity index (χ2n) is 4.61. The van der Waals surface area contributed by atoms with E-state index in [0.717, 1.165) is 11.1 Å². The molecular formula is C15H16FN3O. The van der Waals surface area contributed by atoms with E-state index in [1.807, 2.05) is 19.9 Å². The molecule has 0 spiro atoms. The van der Waals surface area contributed by atoms with E-state index in [0.29, 0.717) is 17.1 Å². The van der Waals surface area contributed by atoms with Crippen LogP contribution in [0, 0.1) is 19.7 Å². The number of carbonyl (C=O) groups is 1. The van der Waals surface area contributed by atoms with Crippen molar-refractivity contribution in [3.8, 4) is 0 Å². The van der Waals surface area contributed by atoms with Crippen LogP contribution in [0.4, 0.5) is 26.2 Å². The highest BCUT2D eigenvalue weighted by molar-refractivity contribution is 6.00. The van der Waals surface area contributed by atoms with E-state index in [9.17, 15) is 9.18 Å². The van der Waals surface area contributed by atoms with Gasteiger partial charge in [-0.3, -0.25) is 0 Å². The Balaban J connectivity index is 2.08. The Bertz CT molecular complexity index is 638. The maximum Gasteiger partial charge on any atom is 0.323 e. The first-order valence-electron chi connectivity index (χ1n) is 6.16. The predicted octanol–water partition coefficient (Wildman–Crippen LogP) is 3.67. The van der Waals surface area contributed by atoms with Gasteiger partial charge in [-0.2, -0.15) is 0 Å². The van der Waals surface area contributed by atoms with Gasteiger partial charge in [0.15, 0.2) is 0 Å². The van der Waals surface area contributed by atoms with Gasteiger partial charge in [-0.25, -0.2) is 9.18 Å². The Kier molecular flexibility index (Phi) is 3.89. The highest BCUT2D eigenvalue weighted by atomic mass is 19.1. The number of amides is 2. The second-order valence-corrected chi connectivity index (χ2v) is 4.61. The van der Waals surface area contributed by atoms with Crippen LogP contribution in [-0.4, -0.2) is 6.03 Å². The lowest BCUT2D eigenvalue weighted by molar-refractivity contribution is 0.262. The SMILES string of the molecule is Cc1cc(C)c(NC(=O)Nc2ccc(F)cc2)cc1N. The molecule has 2 aromatic rings. The van der Waals surface area contributed by atoms with Crippen LogP contribution in [0.5, 0.6) is 0 Å². The molecule has 0 saturated carbocycles. The molecule has 0 unspecified atom stereocenters. The molecule has 0 radical (unpaired) electrons. The van der Waals surface area contributed by atoms with E-state index in [2.05, 4.69) is 10.6 Å². The molecule has 0 heterocycles. The number of urea groups is 1. The monoisotopic (exact) mass is 273 g/mol. The summed E-state index contributed by atoms with van der Waals surface area (Å²) in [4.78, 5) is 11.9. The van der Waals surface area contributed by atoms with Crippen molar-refractivity contribution in [2.75, 3.05) is 16.4 Å².